The molecule has 1 aliphatic rings. The molecule has 0 fully saturated rings. The van der Waals surface area contributed by atoms with Crippen LogP contribution in [0.2, 0.25) is 0 Å². The lowest BCUT2D eigenvalue weighted by molar-refractivity contribution is 0.303. The van der Waals surface area contributed by atoms with Gasteiger partial charge in [-0.15, -0.1) is 0 Å². The number of nitrogens with zero attached hydrogens (tertiary/aromatic N) is 2. The van der Waals surface area contributed by atoms with Crippen LogP contribution in [0.25, 0.3) is 0 Å². The van der Waals surface area contributed by atoms with Crippen molar-refractivity contribution >= 4 is 15.7 Å². The van der Waals surface area contributed by atoms with Crippen LogP contribution in [0.4, 0.5) is 5.69 Å². The highest BCUT2D eigenvalue weighted by Crippen LogP contribution is 2.25. The lowest BCUT2D eigenvalue weighted by atomic mass is 10.1. The van der Waals surface area contributed by atoms with Gasteiger partial charge in [-0.2, -0.15) is 0 Å². The Hall–Kier alpha value is -2.12. The number of aryl methyl sites for hydroxylation is 1. The summed E-state index contributed by atoms with van der Waals surface area (Å²) in [5.41, 5.74) is 3.45. The predicted octanol–water partition coefficient (Wildman–Crippen LogP) is 3.01. The van der Waals surface area contributed by atoms with Crippen LogP contribution in [-0.2, 0) is 22.9 Å². The standard InChI is InChI=1S/C20H27N3O3S/c1-4-23-12-10-16-14-20(15(3)21-19(16)11-13-23)22-27(24,25)18-8-6-17(7-9-18)26-5-2/h6-9,14,22H,4-5,10-13H2,1-3H3. The highest BCUT2D eigenvalue weighted by Gasteiger charge is 2.19. The van der Waals surface area contributed by atoms with Crippen LogP contribution in [0.1, 0.15) is 30.8 Å². The molecule has 0 aliphatic carbocycles. The van der Waals surface area contributed by atoms with E-state index >= 15 is 0 Å². The van der Waals surface area contributed by atoms with E-state index in [-0.39, 0.29) is 4.90 Å². The average molecular weight is 390 g/mol. The summed E-state index contributed by atoms with van der Waals surface area (Å²) < 4.78 is 33.6. The van der Waals surface area contributed by atoms with Crippen LogP contribution >= 0.6 is 0 Å². The number of nitrogens with one attached hydrogen (secondary N) is 1. The van der Waals surface area contributed by atoms with Gasteiger partial charge in [0.25, 0.3) is 10.0 Å². The zero-order valence-corrected chi connectivity index (χ0v) is 17.0. The Balaban J connectivity index is 1.83. The van der Waals surface area contributed by atoms with Gasteiger partial charge in [0.1, 0.15) is 5.75 Å². The SMILES string of the molecule is CCOc1ccc(S(=O)(=O)Nc2cc3c(nc2C)CCN(CC)CC3)cc1. The molecule has 1 N–H and O–H groups in total. The minimum absolute atomic E-state index is 0.206. The zero-order valence-electron chi connectivity index (χ0n) is 16.2. The molecule has 2 aromatic rings. The normalized spacial score (nSPS) is 15.1. The molecular formula is C20H27N3O3S. The van der Waals surface area contributed by atoms with Gasteiger partial charge in [-0.1, -0.05) is 6.92 Å². The number of rotatable bonds is 6. The van der Waals surface area contributed by atoms with Gasteiger partial charge >= 0.3 is 0 Å². The van der Waals surface area contributed by atoms with E-state index in [1.807, 2.05) is 19.9 Å². The molecule has 0 saturated carbocycles. The van der Waals surface area contributed by atoms with Crippen LogP contribution in [0.3, 0.4) is 0 Å². The van der Waals surface area contributed by atoms with Gasteiger partial charge in [0.2, 0.25) is 0 Å². The lowest BCUT2D eigenvalue weighted by Gasteiger charge is -2.16. The van der Waals surface area contributed by atoms with Crippen molar-refractivity contribution in [3.05, 3.63) is 47.3 Å². The first kappa shape index (κ1) is 19.6. The largest absolute Gasteiger partial charge is 0.494 e. The van der Waals surface area contributed by atoms with E-state index in [2.05, 4.69) is 21.5 Å². The van der Waals surface area contributed by atoms with Crippen molar-refractivity contribution in [2.75, 3.05) is 31.0 Å². The molecule has 0 atom stereocenters. The quantitative estimate of drug-likeness (QED) is 0.822. The predicted molar refractivity (Wildman–Crippen MR) is 107 cm³/mol. The molecule has 0 amide bonds. The fraction of sp³-hybridized carbons (Fsp3) is 0.450. The van der Waals surface area contributed by atoms with Crippen molar-refractivity contribution in [3.8, 4) is 5.75 Å². The van der Waals surface area contributed by atoms with Gasteiger partial charge in [0.05, 0.1) is 22.9 Å². The van der Waals surface area contributed by atoms with E-state index in [0.29, 0.717) is 23.7 Å². The Morgan fingerprint density at radius 1 is 1.15 bits per heavy atom. The van der Waals surface area contributed by atoms with Crippen molar-refractivity contribution in [3.63, 3.8) is 0 Å². The number of ether oxygens (including phenoxy) is 1. The summed E-state index contributed by atoms with van der Waals surface area (Å²) in [7, 11) is -3.67. The molecule has 7 heteroatoms. The van der Waals surface area contributed by atoms with E-state index in [9.17, 15) is 8.42 Å². The van der Waals surface area contributed by atoms with Gasteiger partial charge in [-0.25, -0.2) is 8.42 Å². The highest BCUT2D eigenvalue weighted by molar-refractivity contribution is 7.92. The molecule has 1 aliphatic heterocycles. The monoisotopic (exact) mass is 389 g/mol. The molecular weight excluding hydrogens is 362 g/mol. The molecule has 1 aromatic carbocycles. The molecule has 27 heavy (non-hydrogen) atoms. The summed E-state index contributed by atoms with van der Waals surface area (Å²) in [5.74, 6) is 0.653. The molecule has 0 spiro atoms. The second-order valence-electron chi connectivity index (χ2n) is 6.67. The first-order valence-corrected chi connectivity index (χ1v) is 10.9. The molecule has 3 rings (SSSR count). The smallest absolute Gasteiger partial charge is 0.261 e. The van der Waals surface area contributed by atoms with Crippen molar-refractivity contribution in [2.45, 2.75) is 38.5 Å². The highest BCUT2D eigenvalue weighted by atomic mass is 32.2. The molecule has 146 valence electrons. The maximum Gasteiger partial charge on any atom is 0.261 e. The second kappa shape index (κ2) is 8.27. The number of hydrogen-bond donors (Lipinski definition) is 1. The second-order valence-corrected chi connectivity index (χ2v) is 8.35. The van der Waals surface area contributed by atoms with E-state index < -0.39 is 10.0 Å². The van der Waals surface area contributed by atoms with Crippen LogP contribution in [0, 0.1) is 6.92 Å². The number of hydrogen-bond acceptors (Lipinski definition) is 5. The molecule has 1 aromatic heterocycles. The van der Waals surface area contributed by atoms with E-state index in [4.69, 9.17) is 4.74 Å². The summed E-state index contributed by atoms with van der Waals surface area (Å²) in [6, 6.07) is 8.39. The number of anilines is 1. The zero-order chi connectivity index (χ0) is 19.4. The number of benzene rings is 1. The Labute approximate surface area is 161 Å². The van der Waals surface area contributed by atoms with Crippen molar-refractivity contribution in [1.29, 1.82) is 0 Å². The lowest BCUT2D eigenvalue weighted by Crippen LogP contribution is -2.25. The van der Waals surface area contributed by atoms with Gasteiger partial charge < -0.3 is 9.64 Å². The molecule has 6 nitrogen and oxygen atoms in total. The fourth-order valence-corrected chi connectivity index (χ4v) is 4.40. The third-order valence-electron chi connectivity index (χ3n) is 4.88. The summed E-state index contributed by atoms with van der Waals surface area (Å²) in [4.78, 5) is 7.28. The summed E-state index contributed by atoms with van der Waals surface area (Å²) in [6.07, 6.45) is 1.78. The third kappa shape index (κ3) is 4.59. The Kier molecular flexibility index (Phi) is 6.01. The van der Waals surface area contributed by atoms with E-state index in [1.54, 1.807) is 24.3 Å². The number of pyridine rings is 1. The Morgan fingerprint density at radius 3 is 2.52 bits per heavy atom. The Bertz CT molecular complexity index is 895. The maximum atomic E-state index is 12.8. The molecule has 0 bridgehead atoms. The van der Waals surface area contributed by atoms with Crippen molar-refractivity contribution in [2.24, 2.45) is 0 Å². The van der Waals surface area contributed by atoms with Crippen LogP contribution < -0.4 is 9.46 Å². The minimum atomic E-state index is -3.67. The summed E-state index contributed by atoms with van der Waals surface area (Å²) >= 11 is 0. The molecule has 0 radical (unpaired) electrons. The Morgan fingerprint density at radius 2 is 1.85 bits per heavy atom. The van der Waals surface area contributed by atoms with Crippen molar-refractivity contribution < 1.29 is 13.2 Å². The van der Waals surface area contributed by atoms with E-state index in [0.717, 1.165) is 43.7 Å². The number of aromatic nitrogens is 1. The first-order chi connectivity index (χ1) is 12.9. The fourth-order valence-electron chi connectivity index (χ4n) is 3.29. The van der Waals surface area contributed by atoms with E-state index in [1.165, 1.54) is 0 Å². The molecule has 0 unspecified atom stereocenters. The maximum absolute atomic E-state index is 12.8. The van der Waals surface area contributed by atoms with Crippen LogP contribution in [0.15, 0.2) is 35.2 Å². The topological polar surface area (TPSA) is 71.5 Å². The number of sulfonamides is 1. The summed E-state index contributed by atoms with van der Waals surface area (Å²) in [6.45, 7) is 9.42. The number of fused-ring (bicyclic) bond motifs is 1. The van der Waals surface area contributed by atoms with Crippen molar-refractivity contribution in [1.82, 2.24) is 9.88 Å². The van der Waals surface area contributed by atoms with Gasteiger partial charge in [0.15, 0.2) is 0 Å². The van der Waals surface area contributed by atoms with Crippen LogP contribution in [-0.4, -0.2) is 44.5 Å². The molecule has 0 saturated heterocycles. The van der Waals surface area contributed by atoms with Crippen LogP contribution in [0.5, 0.6) is 5.75 Å². The summed E-state index contributed by atoms with van der Waals surface area (Å²) in [5, 5.41) is 0. The molecule has 2 heterocycles. The minimum Gasteiger partial charge on any atom is -0.494 e. The average Bonchev–Trinajstić information content (AvgIpc) is 2.84. The van der Waals surface area contributed by atoms with Gasteiger partial charge in [-0.3, -0.25) is 9.71 Å². The first-order valence-electron chi connectivity index (χ1n) is 9.40. The van der Waals surface area contributed by atoms with Gasteiger partial charge in [0, 0.05) is 25.2 Å². The van der Waals surface area contributed by atoms with Gasteiger partial charge in [-0.05, 0) is 62.7 Å². The third-order valence-corrected chi connectivity index (χ3v) is 6.26. The number of likely N-dealkylation sites (N-methyl/N-ethyl adjacent to an activating group) is 1.